The lowest BCUT2D eigenvalue weighted by Gasteiger charge is -2.11. The predicted molar refractivity (Wildman–Crippen MR) is 97.3 cm³/mol. The van der Waals surface area contributed by atoms with Crippen molar-refractivity contribution in [1.29, 1.82) is 0 Å². The van der Waals surface area contributed by atoms with Gasteiger partial charge in [-0.05, 0) is 36.2 Å². The van der Waals surface area contributed by atoms with Crippen LogP contribution in [0.3, 0.4) is 0 Å². The summed E-state index contributed by atoms with van der Waals surface area (Å²) in [5.74, 6) is 1.21. The zero-order chi connectivity index (χ0) is 17.3. The van der Waals surface area contributed by atoms with Crippen molar-refractivity contribution in [2.24, 2.45) is 0 Å². The molecule has 3 heterocycles. The third kappa shape index (κ3) is 4.95. The van der Waals surface area contributed by atoms with Gasteiger partial charge in [0.1, 0.15) is 5.82 Å². The molecule has 7 heteroatoms. The molecule has 0 aromatic carbocycles. The summed E-state index contributed by atoms with van der Waals surface area (Å²) in [5, 5.41) is 15.4. The lowest BCUT2D eigenvalue weighted by atomic mass is 10.2. The van der Waals surface area contributed by atoms with E-state index in [1.54, 1.807) is 24.8 Å². The number of hydrogen-bond acceptors (Lipinski definition) is 7. The fourth-order valence-electron chi connectivity index (χ4n) is 2.34. The van der Waals surface area contributed by atoms with E-state index >= 15 is 0 Å². The fraction of sp³-hybridized carbons (Fsp3) is 0.222. The van der Waals surface area contributed by atoms with Crippen molar-refractivity contribution in [1.82, 2.24) is 19.9 Å². The number of rotatable bonds is 8. The van der Waals surface area contributed by atoms with Crippen molar-refractivity contribution in [2.45, 2.75) is 6.42 Å². The van der Waals surface area contributed by atoms with Gasteiger partial charge in [0.2, 0.25) is 5.95 Å². The molecule has 3 N–H and O–H groups in total. The summed E-state index contributed by atoms with van der Waals surface area (Å²) >= 11 is 0. The Morgan fingerprint density at radius 3 is 2.28 bits per heavy atom. The first kappa shape index (κ1) is 16.8. The van der Waals surface area contributed by atoms with Crippen molar-refractivity contribution in [2.75, 3.05) is 30.3 Å². The van der Waals surface area contributed by atoms with Crippen LogP contribution in [0.15, 0.2) is 55.1 Å². The molecule has 0 atom stereocenters. The monoisotopic (exact) mass is 336 g/mol. The normalized spacial score (nSPS) is 10.4. The van der Waals surface area contributed by atoms with E-state index in [9.17, 15) is 0 Å². The highest BCUT2D eigenvalue weighted by Gasteiger charge is 2.06. The maximum absolute atomic E-state index is 9.00. The van der Waals surface area contributed by atoms with Crippen LogP contribution in [-0.4, -0.2) is 44.7 Å². The van der Waals surface area contributed by atoms with E-state index < -0.39 is 0 Å². The molecule has 3 aromatic heterocycles. The van der Waals surface area contributed by atoms with Gasteiger partial charge in [-0.3, -0.25) is 9.97 Å². The zero-order valence-electron chi connectivity index (χ0n) is 13.8. The number of aromatic nitrogens is 4. The molecule has 7 nitrogen and oxygen atoms in total. The highest BCUT2D eigenvalue weighted by molar-refractivity contribution is 5.63. The maximum atomic E-state index is 9.00. The van der Waals surface area contributed by atoms with E-state index in [0.29, 0.717) is 12.5 Å². The summed E-state index contributed by atoms with van der Waals surface area (Å²) in [4.78, 5) is 17.0. The van der Waals surface area contributed by atoms with Gasteiger partial charge >= 0.3 is 0 Å². The standard InChI is InChI=1S/C18H20N6O/c25-12-11-22-18-23-16(15-4-8-20-9-5-15)13-17(24-18)21-10-3-14-1-6-19-7-2-14/h1-2,4-9,13,25H,3,10-12H2,(H2,21,22,23,24). The number of aliphatic hydroxyl groups excluding tert-OH is 1. The number of nitrogens with one attached hydrogen (secondary N) is 2. The number of aliphatic hydroxyl groups is 1. The van der Waals surface area contributed by atoms with Crippen LogP contribution in [0.5, 0.6) is 0 Å². The van der Waals surface area contributed by atoms with E-state index in [1.807, 2.05) is 30.3 Å². The molecule has 0 amide bonds. The Labute approximate surface area is 146 Å². The summed E-state index contributed by atoms with van der Waals surface area (Å²) in [7, 11) is 0. The second-order valence-corrected chi connectivity index (χ2v) is 5.38. The van der Waals surface area contributed by atoms with E-state index in [0.717, 1.165) is 30.0 Å². The Morgan fingerprint density at radius 2 is 1.56 bits per heavy atom. The largest absolute Gasteiger partial charge is 0.395 e. The maximum Gasteiger partial charge on any atom is 0.225 e. The van der Waals surface area contributed by atoms with Crippen LogP contribution in [0.25, 0.3) is 11.3 Å². The molecule has 3 aromatic rings. The average molecular weight is 336 g/mol. The molecule has 0 saturated carbocycles. The van der Waals surface area contributed by atoms with Crippen LogP contribution < -0.4 is 10.6 Å². The second kappa shape index (κ2) is 8.70. The molecule has 0 radical (unpaired) electrons. The second-order valence-electron chi connectivity index (χ2n) is 5.38. The zero-order valence-corrected chi connectivity index (χ0v) is 13.8. The Morgan fingerprint density at radius 1 is 0.840 bits per heavy atom. The molecule has 25 heavy (non-hydrogen) atoms. The summed E-state index contributed by atoms with van der Waals surface area (Å²) in [6, 6.07) is 9.71. The molecule has 0 aliphatic heterocycles. The van der Waals surface area contributed by atoms with Crippen LogP contribution in [0.1, 0.15) is 5.56 Å². The van der Waals surface area contributed by atoms with Crippen molar-refractivity contribution in [3.05, 3.63) is 60.7 Å². The van der Waals surface area contributed by atoms with Crippen LogP contribution >= 0.6 is 0 Å². The quantitative estimate of drug-likeness (QED) is 0.579. The fourth-order valence-corrected chi connectivity index (χ4v) is 2.34. The smallest absolute Gasteiger partial charge is 0.225 e. The van der Waals surface area contributed by atoms with Crippen molar-refractivity contribution in [3.63, 3.8) is 0 Å². The molecule has 3 rings (SSSR count). The predicted octanol–water partition coefficient (Wildman–Crippen LogP) is 1.99. The van der Waals surface area contributed by atoms with Gasteiger partial charge in [-0.2, -0.15) is 4.98 Å². The van der Waals surface area contributed by atoms with Gasteiger partial charge in [0.15, 0.2) is 0 Å². The first-order valence-electron chi connectivity index (χ1n) is 8.12. The average Bonchev–Trinajstić information content (AvgIpc) is 2.68. The Bertz CT molecular complexity index is 782. The Balaban J connectivity index is 1.75. The molecule has 0 fully saturated rings. The van der Waals surface area contributed by atoms with Crippen molar-refractivity contribution in [3.8, 4) is 11.3 Å². The van der Waals surface area contributed by atoms with E-state index in [2.05, 4.69) is 30.6 Å². The number of nitrogens with zero attached hydrogens (tertiary/aromatic N) is 4. The van der Waals surface area contributed by atoms with E-state index in [4.69, 9.17) is 5.11 Å². The van der Waals surface area contributed by atoms with Gasteiger partial charge in [0, 0.05) is 49.5 Å². The topological polar surface area (TPSA) is 95.8 Å². The molecule has 0 aliphatic carbocycles. The summed E-state index contributed by atoms with van der Waals surface area (Å²) in [6.07, 6.45) is 7.91. The van der Waals surface area contributed by atoms with Crippen LogP contribution in [0.2, 0.25) is 0 Å². The Hall–Kier alpha value is -3.06. The third-order valence-corrected chi connectivity index (χ3v) is 3.57. The van der Waals surface area contributed by atoms with Crippen LogP contribution in [0.4, 0.5) is 11.8 Å². The first-order valence-corrected chi connectivity index (χ1v) is 8.12. The van der Waals surface area contributed by atoms with Gasteiger partial charge in [0.05, 0.1) is 12.3 Å². The Kier molecular flexibility index (Phi) is 5.84. The highest BCUT2D eigenvalue weighted by atomic mass is 16.3. The molecule has 0 saturated heterocycles. The van der Waals surface area contributed by atoms with Gasteiger partial charge in [-0.15, -0.1) is 0 Å². The van der Waals surface area contributed by atoms with Crippen LogP contribution in [0, 0.1) is 0 Å². The SMILES string of the molecule is OCCNc1nc(NCCc2ccncc2)cc(-c2ccncc2)n1. The van der Waals surface area contributed by atoms with Gasteiger partial charge in [-0.25, -0.2) is 4.98 Å². The van der Waals surface area contributed by atoms with Crippen molar-refractivity contribution < 1.29 is 5.11 Å². The van der Waals surface area contributed by atoms with Gasteiger partial charge in [0.25, 0.3) is 0 Å². The summed E-state index contributed by atoms with van der Waals surface area (Å²) < 4.78 is 0. The minimum atomic E-state index is 0.0215. The van der Waals surface area contributed by atoms with Gasteiger partial charge < -0.3 is 15.7 Å². The minimum Gasteiger partial charge on any atom is -0.395 e. The molecule has 0 aliphatic rings. The number of anilines is 2. The summed E-state index contributed by atoms with van der Waals surface area (Å²) in [5.41, 5.74) is 2.97. The minimum absolute atomic E-state index is 0.0215. The molecular weight excluding hydrogens is 316 g/mol. The third-order valence-electron chi connectivity index (χ3n) is 3.57. The molecular formula is C18H20N6O. The molecule has 128 valence electrons. The molecule has 0 spiro atoms. The van der Waals surface area contributed by atoms with E-state index in [-0.39, 0.29) is 6.61 Å². The number of pyridine rings is 2. The van der Waals surface area contributed by atoms with Crippen LogP contribution in [-0.2, 0) is 6.42 Å². The molecule has 0 unspecified atom stereocenters. The van der Waals surface area contributed by atoms with Gasteiger partial charge in [-0.1, -0.05) is 0 Å². The lowest BCUT2D eigenvalue weighted by Crippen LogP contribution is -2.12. The summed E-state index contributed by atoms with van der Waals surface area (Å²) in [6.45, 7) is 1.17. The first-order chi connectivity index (χ1) is 12.3. The van der Waals surface area contributed by atoms with Crippen molar-refractivity contribution >= 4 is 11.8 Å². The highest BCUT2D eigenvalue weighted by Crippen LogP contribution is 2.20. The number of hydrogen-bond donors (Lipinski definition) is 3. The van der Waals surface area contributed by atoms with E-state index in [1.165, 1.54) is 5.56 Å². The lowest BCUT2D eigenvalue weighted by molar-refractivity contribution is 0.311. The molecule has 0 bridgehead atoms.